The summed E-state index contributed by atoms with van der Waals surface area (Å²) in [7, 11) is 0.162. The van der Waals surface area contributed by atoms with E-state index in [4.69, 9.17) is 14.2 Å². The number of rotatable bonds is 9. The van der Waals surface area contributed by atoms with Crippen LogP contribution in [0, 0.1) is 0 Å². The minimum absolute atomic E-state index is 0.105. The molecule has 0 spiro atoms. The first-order valence-electron chi connectivity index (χ1n) is 9.25. The zero-order chi connectivity index (χ0) is 23.3. The van der Waals surface area contributed by atoms with Crippen LogP contribution < -0.4 is 23.7 Å². The standard InChI is InChI=1S/C22H21F2NO6S/c1-28-16-7-4-14(5-8-16)18-12-15(6-10-19(18)31-22(23)24)25-32(26,27)21-13-17(29-2)9-11-20(21)30-3/h4-13,22,25H,1-3H3. The average molecular weight is 465 g/mol. The number of sulfonamides is 1. The Bertz CT molecular complexity index is 1180. The number of hydrogen-bond acceptors (Lipinski definition) is 6. The summed E-state index contributed by atoms with van der Waals surface area (Å²) in [5.74, 6) is 0.913. The van der Waals surface area contributed by atoms with Gasteiger partial charge in [-0.15, -0.1) is 0 Å². The van der Waals surface area contributed by atoms with Gasteiger partial charge in [0.25, 0.3) is 10.0 Å². The van der Waals surface area contributed by atoms with Gasteiger partial charge in [-0.05, 0) is 48.0 Å². The van der Waals surface area contributed by atoms with Gasteiger partial charge in [-0.3, -0.25) is 4.72 Å². The number of nitrogens with one attached hydrogen (secondary N) is 1. The molecule has 0 saturated heterocycles. The van der Waals surface area contributed by atoms with Crippen molar-refractivity contribution in [2.45, 2.75) is 11.5 Å². The van der Waals surface area contributed by atoms with E-state index in [1.54, 1.807) is 30.3 Å². The summed E-state index contributed by atoms with van der Waals surface area (Å²) >= 11 is 0. The van der Waals surface area contributed by atoms with E-state index < -0.39 is 16.6 Å². The lowest BCUT2D eigenvalue weighted by Crippen LogP contribution is -2.14. The monoisotopic (exact) mass is 465 g/mol. The van der Waals surface area contributed by atoms with Gasteiger partial charge >= 0.3 is 6.61 Å². The van der Waals surface area contributed by atoms with Crippen molar-refractivity contribution in [3.63, 3.8) is 0 Å². The third-order valence-electron chi connectivity index (χ3n) is 4.51. The lowest BCUT2D eigenvalue weighted by molar-refractivity contribution is -0.0494. The van der Waals surface area contributed by atoms with Crippen LogP contribution in [0.5, 0.6) is 23.0 Å². The Labute approximate surface area is 184 Å². The van der Waals surface area contributed by atoms with Crippen molar-refractivity contribution < 1.29 is 36.1 Å². The van der Waals surface area contributed by atoms with Crippen LogP contribution in [0.25, 0.3) is 11.1 Å². The summed E-state index contributed by atoms with van der Waals surface area (Å²) in [5, 5.41) is 0. The third kappa shape index (κ3) is 5.20. The van der Waals surface area contributed by atoms with Crippen molar-refractivity contribution in [3.8, 4) is 34.1 Å². The van der Waals surface area contributed by atoms with E-state index in [0.29, 0.717) is 17.1 Å². The van der Waals surface area contributed by atoms with Gasteiger partial charge in [0.2, 0.25) is 0 Å². The van der Waals surface area contributed by atoms with Crippen molar-refractivity contribution in [2.75, 3.05) is 26.1 Å². The van der Waals surface area contributed by atoms with Crippen LogP contribution in [0.4, 0.5) is 14.5 Å². The van der Waals surface area contributed by atoms with Gasteiger partial charge in [0.15, 0.2) is 0 Å². The second kappa shape index (κ2) is 9.73. The number of benzene rings is 3. The lowest BCUT2D eigenvalue weighted by atomic mass is 10.0. The Morgan fingerprint density at radius 2 is 1.41 bits per heavy atom. The highest BCUT2D eigenvalue weighted by Gasteiger charge is 2.22. The Balaban J connectivity index is 2.03. The van der Waals surface area contributed by atoms with Crippen LogP contribution in [0.2, 0.25) is 0 Å². The Morgan fingerprint density at radius 3 is 2.00 bits per heavy atom. The third-order valence-corrected chi connectivity index (χ3v) is 5.91. The van der Waals surface area contributed by atoms with Crippen molar-refractivity contribution in [3.05, 3.63) is 60.7 Å². The van der Waals surface area contributed by atoms with Gasteiger partial charge in [-0.2, -0.15) is 8.78 Å². The predicted octanol–water partition coefficient (Wildman–Crippen LogP) is 4.78. The zero-order valence-corrected chi connectivity index (χ0v) is 18.3. The van der Waals surface area contributed by atoms with Crippen LogP contribution >= 0.6 is 0 Å². The summed E-state index contributed by atoms with van der Waals surface area (Å²) < 4.78 is 74.3. The minimum atomic E-state index is -4.10. The number of alkyl halides is 2. The van der Waals surface area contributed by atoms with Crippen molar-refractivity contribution >= 4 is 15.7 Å². The summed E-state index contributed by atoms with van der Waals surface area (Å²) in [4.78, 5) is -0.141. The fourth-order valence-electron chi connectivity index (χ4n) is 2.99. The molecule has 170 valence electrons. The summed E-state index contributed by atoms with van der Waals surface area (Å²) in [6.07, 6.45) is 0. The van der Waals surface area contributed by atoms with E-state index in [-0.39, 0.29) is 27.6 Å². The van der Waals surface area contributed by atoms with Gasteiger partial charge in [-0.1, -0.05) is 12.1 Å². The normalized spacial score (nSPS) is 11.2. The Hall–Kier alpha value is -3.53. The molecule has 32 heavy (non-hydrogen) atoms. The largest absolute Gasteiger partial charge is 0.497 e. The molecular weight excluding hydrogens is 444 g/mol. The van der Waals surface area contributed by atoms with E-state index >= 15 is 0 Å². The number of halogens is 2. The summed E-state index contributed by atoms with van der Waals surface area (Å²) in [5.41, 5.74) is 0.939. The van der Waals surface area contributed by atoms with Crippen molar-refractivity contribution in [1.82, 2.24) is 0 Å². The molecule has 0 atom stereocenters. The molecule has 1 N–H and O–H groups in total. The SMILES string of the molecule is COc1ccc(-c2cc(NS(=O)(=O)c3cc(OC)ccc3OC)ccc2OC(F)F)cc1. The number of ether oxygens (including phenoxy) is 4. The van der Waals surface area contributed by atoms with Crippen LogP contribution in [-0.4, -0.2) is 36.4 Å². The molecule has 0 radical (unpaired) electrons. The van der Waals surface area contributed by atoms with Gasteiger partial charge in [0, 0.05) is 17.3 Å². The Kier molecular flexibility index (Phi) is 7.04. The number of hydrogen-bond donors (Lipinski definition) is 1. The maximum Gasteiger partial charge on any atom is 0.387 e. The Morgan fingerprint density at radius 1 is 0.781 bits per heavy atom. The molecular formula is C22H21F2NO6S. The highest BCUT2D eigenvalue weighted by molar-refractivity contribution is 7.92. The first-order chi connectivity index (χ1) is 15.3. The van der Waals surface area contributed by atoms with Crippen LogP contribution in [0.3, 0.4) is 0 Å². The molecule has 0 aromatic heterocycles. The van der Waals surface area contributed by atoms with E-state index in [9.17, 15) is 17.2 Å². The van der Waals surface area contributed by atoms with Crippen LogP contribution in [0.15, 0.2) is 65.6 Å². The molecule has 7 nitrogen and oxygen atoms in total. The maximum absolute atomic E-state index is 13.0. The molecule has 0 unspecified atom stereocenters. The molecule has 0 heterocycles. The van der Waals surface area contributed by atoms with E-state index in [0.717, 1.165) is 0 Å². The van der Waals surface area contributed by atoms with E-state index in [2.05, 4.69) is 9.46 Å². The minimum Gasteiger partial charge on any atom is -0.497 e. The van der Waals surface area contributed by atoms with E-state index in [1.807, 2.05) is 0 Å². The summed E-state index contributed by atoms with van der Waals surface area (Å²) in [6.45, 7) is -3.05. The topological polar surface area (TPSA) is 83.1 Å². The predicted molar refractivity (Wildman–Crippen MR) is 115 cm³/mol. The first kappa shape index (κ1) is 23.1. The summed E-state index contributed by atoms with van der Waals surface area (Å²) in [6, 6.07) is 15.0. The molecule has 3 aromatic rings. The van der Waals surface area contributed by atoms with Crippen LogP contribution in [0.1, 0.15) is 0 Å². The number of anilines is 1. The molecule has 0 fully saturated rings. The molecule has 10 heteroatoms. The van der Waals surface area contributed by atoms with Gasteiger partial charge in [0.1, 0.15) is 27.9 Å². The molecule has 3 aromatic carbocycles. The highest BCUT2D eigenvalue weighted by atomic mass is 32.2. The first-order valence-corrected chi connectivity index (χ1v) is 10.7. The molecule has 0 amide bonds. The second-order valence-corrected chi connectivity index (χ2v) is 8.09. The molecule has 0 bridgehead atoms. The van der Waals surface area contributed by atoms with Crippen molar-refractivity contribution in [1.29, 1.82) is 0 Å². The zero-order valence-electron chi connectivity index (χ0n) is 17.5. The smallest absolute Gasteiger partial charge is 0.387 e. The molecule has 0 aliphatic carbocycles. The molecule has 0 saturated carbocycles. The quantitative estimate of drug-likeness (QED) is 0.490. The molecule has 0 aliphatic rings. The average Bonchev–Trinajstić information content (AvgIpc) is 2.79. The maximum atomic E-state index is 13.0. The molecule has 0 aliphatic heterocycles. The fraction of sp³-hybridized carbons (Fsp3) is 0.182. The number of methoxy groups -OCH3 is 3. The molecule has 3 rings (SSSR count). The van der Waals surface area contributed by atoms with Gasteiger partial charge in [-0.25, -0.2) is 8.42 Å². The van der Waals surface area contributed by atoms with Crippen molar-refractivity contribution in [2.24, 2.45) is 0 Å². The van der Waals surface area contributed by atoms with Crippen LogP contribution in [-0.2, 0) is 10.0 Å². The van der Waals surface area contributed by atoms with Gasteiger partial charge in [0.05, 0.1) is 21.3 Å². The lowest BCUT2D eigenvalue weighted by Gasteiger charge is -2.16. The highest BCUT2D eigenvalue weighted by Crippen LogP contribution is 2.36. The fourth-order valence-corrected chi connectivity index (χ4v) is 4.23. The van der Waals surface area contributed by atoms with E-state index in [1.165, 1.54) is 51.7 Å². The van der Waals surface area contributed by atoms with Gasteiger partial charge < -0.3 is 18.9 Å². The second-order valence-electron chi connectivity index (χ2n) is 6.44.